The first kappa shape index (κ1) is 8.60. The maximum atomic E-state index is 11.1. The predicted octanol–water partition coefficient (Wildman–Crippen LogP) is 0.330. The number of H-pyrrole nitrogens is 1. The number of nitrogens with one attached hydrogen (secondary N) is 1. The lowest BCUT2D eigenvalue weighted by Gasteiger charge is -2.16. The monoisotopic (exact) mass is 165 g/mol. The molecule has 4 heteroatoms. The zero-order valence-electron chi connectivity index (χ0n) is 7.38. The van der Waals surface area contributed by atoms with E-state index in [0.29, 0.717) is 0 Å². The van der Waals surface area contributed by atoms with Crippen molar-refractivity contribution in [3.8, 4) is 11.8 Å². The molecule has 0 fully saturated rings. The smallest absolute Gasteiger partial charge is 0.265 e. The zero-order valence-corrected chi connectivity index (χ0v) is 7.38. The average Bonchev–Trinajstić information content (AvgIpc) is 2.35. The quantitative estimate of drug-likeness (QED) is 0.610. The maximum Gasteiger partial charge on any atom is 0.344 e. The Morgan fingerprint density at radius 2 is 2.33 bits per heavy atom. The van der Waals surface area contributed by atoms with Gasteiger partial charge in [0.25, 0.3) is 0 Å². The van der Waals surface area contributed by atoms with E-state index >= 15 is 0 Å². The Bertz CT molecular complexity index is 375. The highest BCUT2D eigenvalue weighted by Crippen LogP contribution is 2.08. The normalized spacial score (nSPS) is 10.6. The van der Waals surface area contributed by atoms with Gasteiger partial charge in [0.05, 0.1) is 0 Å². The van der Waals surface area contributed by atoms with Crippen molar-refractivity contribution in [2.45, 2.75) is 26.3 Å². The van der Waals surface area contributed by atoms with Crippen molar-refractivity contribution in [3.63, 3.8) is 0 Å². The van der Waals surface area contributed by atoms with Crippen LogP contribution in [-0.2, 0) is 5.54 Å². The van der Waals surface area contributed by atoms with E-state index in [0.717, 1.165) is 0 Å². The van der Waals surface area contributed by atoms with Crippen LogP contribution in [0.5, 0.6) is 0 Å². The largest absolute Gasteiger partial charge is 0.344 e. The average molecular weight is 165 g/mol. The van der Waals surface area contributed by atoms with Gasteiger partial charge in [-0.3, -0.25) is 4.57 Å². The minimum atomic E-state index is -0.487. The molecule has 1 aromatic heterocycles. The van der Waals surface area contributed by atoms with Crippen molar-refractivity contribution in [3.05, 3.63) is 16.8 Å². The second kappa shape index (κ2) is 2.86. The van der Waals surface area contributed by atoms with Gasteiger partial charge in [0.1, 0.15) is 11.9 Å². The van der Waals surface area contributed by atoms with Gasteiger partial charge >= 0.3 is 5.69 Å². The molecule has 0 bridgehead atoms. The Balaban J connectivity index is 3.19. The number of nitrogens with zero attached hydrogens (tertiary/aromatic N) is 2. The molecule has 64 valence electrons. The summed E-state index contributed by atoms with van der Waals surface area (Å²) in [7, 11) is 0. The zero-order chi connectivity index (χ0) is 9.19. The molecule has 0 radical (unpaired) electrons. The molecule has 4 nitrogen and oxygen atoms in total. The van der Waals surface area contributed by atoms with Crippen LogP contribution >= 0.6 is 0 Å². The summed E-state index contributed by atoms with van der Waals surface area (Å²) in [5, 5.41) is 5.95. The predicted molar refractivity (Wildman–Crippen MR) is 45.6 cm³/mol. The van der Waals surface area contributed by atoms with Gasteiger partial charge in [-0.25, -0.2) is 9.89 Å². The van der Waals surface area contributed by atoms with E-state index < -0.39 is 5.54 Å². The number of hydrogen-bond donors (Lipinski definition) is 1. The molecule has 1 N–H and O–H groups in total. The summed E-state index contributed by atoms with van der Waals surface area (Å²) in [5.41, 5.74) is -0.721. The summed E-state index contributed by atoms with van der Waals surface area (Å²) < 4.78 is 1.46. The highest BCUT2D eigenvalue weighted by atomic mass is 16.1. The highest BCUT2D eigenvalue weighted by molar-refractivity contribution is 5.10. The second-order valence-electron chi connectivity index (χ2n) is 2.97. The van der Waals surface area contributed by atoms with E-state index in [1.54, 1.807) is 6.92 Å². The lowest BCUT2D eigenvalue weighted by atomic mass is 10.1. The number of rotatable bonds is 1. The number of aromatic nitrogens is 3. The van der Waals surface area contributed by atoms with Gasteiger partial charge in [-0.1, -0.05) is 5.92 Å². The van der Waals surface area contributed by atoms with Crippen molar-refractivity contribution >= 4 is 0 Å². The Morgan fingerprint density at radius 3 is 2.75 bits per heavy atom. The van der Waals surface area contributed by atoms with Gasteiger partial charge in [0.15, 0.2) is 0 Å². The molecule has 0 atom stereocenters. The summed E-state index contributed by atoms with van der Waals surface area (Å²) in [6.07, 6.45) is 1.45. The molecule has 0 amide bonds. The molecule has 0 unspecified atom stereocenters. The van der Waals surface area contributed by atoms with Gasteiger partial charge in [0.2, 0.25) is 0 Å². The Labute approximate surface area is 70.6 Å². The van der Waals surface area contributed by atoms with E-state index in [9.17, 15) is 4.79 Å². The first-order valence-electron chi connectivity index (χ1n) is 3.64. The van der Waals surface area contributed by atoms with E-state index in [1.165, 1.54) is 10.9 Å². The molecule has 0 aliphatic rings. The Morgan fingerprint density at radius 1 is 1.67 bits per heavy atom. The van der Waals surface area contributed by atoms with Gasteiger partial charge in [-0.05, 0) is 20.8 Å². The van der Waals surface area contributed by atoms with Crippen LogP contribution in [-0.4, -0.2) is 14.8 Å². The van der Waals surface area contributed by atoms with Crippen LogP contribution in [0.25, 0.3) is 0 Å². The molecule has 0 aliphatic heterocycles. The molecule has 0 saturated heterocycles. The minimum absolute atomic E-state index is 0.234. The molecule has 0 saturated carbocycles. The van der Waals surface area contributed by atoms with Crippen molar-refractivity contribution < 1.29 is 0 Å². The third-order valence-corrected chi connectivity index (χ3v) is 1.59. The number of aromatic amines is 1. The lowest BCUT2D eigenvalue weighted by molar-refractivity contribution is 0.459. The van der Waals surface area contributed by atoms with Gasteiger partial charge < -0.3 is 0 Å². The number of hydrogen-bond acceptors (Lipinski definition) is 2. The van der Waals surface area contributed by atoms with Crippen molar-refractivity contribution in [1.82, 2.24) is 14.8 Å². The van der Waals surface area contributed by atoms with Gasteiger partial charge in [-0.15, -0.1) is 5.92 Å². The first-order valence-corrected chi connectivity index (χ1v) is 3.64. The molecule has 1 aromatic rings. The molecule has 12 heavy (non-hydrogen) atoms. The van der Waals surface area contributed by atoms with Crippen molar-refractivity contribution in [1.29, 1.82) is 0 Å². The molecule has 1 heterocycles. The topological polar surface area (TPSA) is 50.7 Å². The third kappa shape index (κ3) is 1.40. The van der Waals surface area contributed by atoms with E-state index in [2.05, 4.69) is 22.0 Å². The van der Waals surface area contributed by atoms with Crippen molar-refractivity contribution in [2.75, 3.05) is 0 Å². The SMILES string of the molecule is CC#CC(C)(C)n1cn[nH]c1=O. The lowest BCUT2D eigenvalue weighted by Crippen LogP contribution is -2.32. The van der Waals surface area contributed by atoms with Crippen LogP contribution in [0.2, 0.25) is 0 Å². The molecular formula is C8H11N3O. The first-order chi connectivity index (χ1) is 5.58. The summed E-state index contributed by atoms with van der Waals surface area (Å²) in [5.74, 6) is 5.69. The standard InChI is InChI=1S/C8H11N3O/c1-4-5-8(2,3)11-6-9-10-7(11)12/h6H,1-3H3,(H,10,12). The summed E-state index contributed by atoms with van der Waals surface area (Å²) in [6, 6.07) is 0. The molecule has 0 spiro atoms. The van der Waals surface area contributed by atoms with Crippen LogP contribution in [0.3, 0.4) is 0 Å². The van der Waals surface area contributed by atoms with E-state index in [4.69, 9.17) is 0 Å². The van der Waals surface area contributed by atoms with Crippen LogP contribution in [0.15, 0.2) is 11.1 Å². The fraction of sp³-hybridized carbons (Fsp3) is 0.500. The third-order valence-electron chi connectivity index (χ3n) is 1.59. The highest BCUT2D eigenvalue weighted by Gasteiger charge is 2.18. The Hall–Kier alpha value is -1.50. The van der Waals surface area contributed by atoms with Crippen LogP contribution in [0.4, 0.5) is 0 Å². The van der Waals surface area contributed by atoms with Gasteiger partial charge in [0, 0.05) is 0 Å². The summed E-state index contributed by atoms with van der Waals surface area (Å²) >= 11 is 0. The molecular weight excluding hydrogens is 154 g/mol. The van der Waals surface area contributed by atoms with Crippen LogP contribution < -0.4 is 5.69 Å². The molecule has 0 aromatic carbocycles. The Kier molecular flexibility index (Phi) is 2.05. The fourth-order valence-corrected chi connectivity index (χ4v) is 1.01. The second-order valence-corrected chi connectivity index (χ2v) is 2.97. The minimum Gasteiger partial charge on any atom is -0.265 e. The maximum absolute atomic E-state index is 11.1. The molecule has 0 aliphatic carbocycles. The van der Waals surface area contributed by atoms with Gasteiger partial charge in [-0.2, -0.15) is 5.10 Å². The van der Waals surface area contributed by atoms with Crippen molar-refractivity contribution in [2.24, 2.45) is 0 Å². The molecule has 1 rings (SSSR count). The van der Waals surface area contributed by atoms with E-state index in [-0.39, 0.29) is 5.69 Å². The van der Waals surface area contributed by atoms with E-state index in [1.807, 2.05) is 13.8 Å². The van der Waals surface area contributed by atoms with Crippen LogP contribution in [0, 0.1) is 11.8 Å². The summed E-state index contributed by atoms with van der Waals surface area (Å²) in [4.78, 5) is 11.1. The fourth-order valence-electron chi connectivity index (χ4n) is 1.01. The summed E-state index contributed by atoms with van der Waals surface area (Å²) in [6.45, 7) is 5.47. The van der Waals surface area contributed by atoms with Crippen LogP contribution in [0.1, 0.15) is 20.8 Å².